The lowest BCUT2D eigenvalue weighted by atomic mass is 9.93. The first kappa shape index (κ1) is 22.3. The first-order chi connectivity index (χ1) is 27.4. The lowest BCUT2D eigenvalue weighted by Crippen LogP contribution is -1.86. The third kappa shape index (κ3) is 3.19. The molecule has 234 valence electrons. The number of thiophene rings is 1. The summed E-state index contributed by atoms with van der Waals surface area (Å²) >= 11 is 1.83. The average Bonchev–Trinajstić information content (AvgIpc) is 4.02. The molecule has 13 aromatic rings. The molecule has 13 rings (SSSR count). The Kier molecular flexibility index (Phi) is 4.04. The molecule has 0 radical (unpaired) electrons. The Morgan fingerprint density at radius 1 is 0.392 bits per heavy atom. The maximum atomic E-state index is 8.81. The van der Waals surface area contributed by atoms with E-state index >= 15 is 0 Å². The molecule has 0 fully saturated rings. The van der Waals surface area contributed by atoms with Gasteiger partial charge >= 0.3 is 0 Å². The molecule has 5 heterocycles. The zero-order valence-corrected chi connectivity index (χ0v) is 27.7. The van der Waals surface area contributed by atoms with Crippen LogP contribution in [0.2, 0.25) is 0 Å². The number of nitrogens with zero attached hydrogens (tertiary/aromatic N) is 2. The van der Waals surface area contributed by atoms with Crippen LogP contribution in [0.3, 0.4) is 0 Å². The summed E-state index contributed by atoms with van der Waals surface area (Å²) in [4.78, 5) is 0. The summed E-state index contributed by atoms with van der Waals surface area (Å²) in [5, 5.41) is 12.3. The van der Waals surface area contributed by atoms with Gasteiger partial charge in [0.25, 0.3) is 0 Å². The highest BCUT2D eigenvalue weighted by molar-refractivity contribution is 7.26. The van der Waals surface area contributed by atoms with Gasteiger partial charge in [0.2, 0.25) is 0 Å². The molecule has 0 aliphatic rings. The molecular weight excluding hydrogens is 637 g/mol. The second-order valence-corrected chi connectivity index (χ2v) is 14.8. The molecule has 0 unspecified atom stereocenters. The molecule has 5 aromatic heterocycles. The van der Waals surface area contributed by atoms with Crippen molar-refractivity contribution in [3.63, 3.8) is 0 Å². The zero-order valence-electron chi connectivity index (χ0n) is 31.9. The van der Waals surface area contributed by atoms with E-state index in [2.05, 4.69) is 112 Å². The van der Waals surface area contributed by atoms with Crippen LogP contribution >= 0.6 is 11.3 Å². The van der Waals surface area contributed by atoms with E-state index in [9.17, 15) is 0 Å². The van der Waals surface area contributed by atoms with Gasteiger partial charge in [-0.15, -0.1) is 11.3 Å². The minimum absolute atomic E-state index is 0.203. The molecule has 3 heteroatoms. The van der Waals surface area contributed by atoms with Crippen molar-refractivity contribution in [1.29, 1.82) is 0 Å². The molecule has 2 nitrogen and oxygen atoms in total. The van der Waals surface area contributed by atoms with Gasteiger partial charge in [0, 0.05) is 63.3 Å². The van der Waals surface area contributed by atoms with Crippen LogP contribution in [-0.2, 0) is 0 Å². The number of hydrogen-bond acceptors (Lipinski definition) is 1. The Bertz CT molecular complexity index is 3860. The van der Waals surface area contributed by atoms with E-state index < -0.39 is 6.04 Å². The SMILES string of the molecule is [2H]c1c([2H])c([2H])c(-c2ccccc2-c2ccc3c(c2)c2c4c(cc5c6cc7c(cc6n3c52)c2cccc3c5ccccc5n7c32)sc2ccccc24)c([2H])c1[2H]. The van der Waals surface area contributed by atoms with Crippen LogP contribution in [0.15, 0.2) is 158 Å². The largest absolute Gasteiger partial charge is 0.308 e. The van der Waals surface area contributed by atoms with Crippen molar-refractivity contribution in [2.24, 2.45) is 0 Å². The van der Waals surface area contributed by atoms with Gasteiger partial charge in [-0.25, -0.2) is 0 Å². The second-order valence-electron chi connectivity index (χ2n) is 13.7. The van der Waals surface area contributed by atoms with Crippen molar-refractivity contribution in [3.8, 4) is 22.3 Å². The quantitative estimate of drug-likeness (QED) is 0.173. The second kappa shape index (κ2) is 9.22. The molecule has 0 saturated carbocycles. The van der Waals surface area contributed by atoms with Crippen LogP contribution in [0.1, 0.15) is 6.85 Å². The van der Waals surface area contributed by atoms with Crippen molar-refractivity contribution >= 4 is 108 Å². The molecule has 0 atom stereocenters. The third-order valence-corrected chi connectivity index (χ3v) is 12.4. The predicted octanol–water partition coefficient (Wildman–Crippen LogP) is 13.7. The Balaban J connectivity index is 1.18. The third-order valence-electron chi connectivity index (χ3n) is 11.2. The standard InChI is InChI=1S/C48H26N2S/c1-2-11-27(12-3-1)29-13-4-5-14-30(29)28-21-22-40-38(23-28)46-45-34-16-7-9-20-43(34)51-44(45)26-37-36-25-41-35(24-42(36)50(40)48(37)46)33-18-10-17-32-31-15-6-8-19-39(31)49(41)47(32)33/h1-26H/i1D,2D,3D,11D,12D. The van der Waals surface area contributed by atoms with Crippen molar-refractivity contribution in [1.82, 2.24) is 8.80 Å². The highest BCUT2D eigenvalue weighted by atomic mass is 32.1. The number of aromatic nitrogens is 2. The molecule has 0 aliphatic carbocycles. The minimum atomic E-state index is -0.391. The van der Waals surface area contributed by atoms with E-state index in [0.717, 1.165) is 22.0 Å². The molecule has 0 amide bonds. The van der Waals surface area contributed by atoms with Gasteiger partial charge in [0.05, 0.1) is 40.0 Å². The van der Waals surface area contributed by atoms with Gasteiger partial charge in [-0.2, -0.15) is 0 Å². The number of rotatable bonds is 2. The molecule has 0 aliphatic heterocycles. The summed E-state index contributed by atoms with van der Waals surface area (Å²) in [6, 6.07) is 44.0. The molecule has 0 saturated heterocycles. The average molecular weight is 668 g/mol. The lowest BCUT2D eigenvalue weighted by molar-refractivity contribution is 1.36. The number of benzene rings is 8. The number of para-hydroxylation sites is 2. The van der Waals surface area contributed by atoms with E-state index in [-0.39, 0.29) is 29.7 Å². The molecule has 0 spiro atoms. The maximum absolute atomic E-state index is 8.81. The zero-order chi connectivity index (χ0) is 37.3. The maximum Gasteiger partial charge on any atom is 0.0629 e. The van der Waals surface area contributed by atoms with Gasteiger partial charge in [0.15, 0.2) is 0 Å². The first-order valence-corrected chi connectivity index (χ1v) is 18.0. The summed E-state index contributed by atoms with van der Waals surface area (Å²) in [5.41, 5.74) is 9.71. The number of fused-ring (bicyclic) bond motifs is 16. The molecule has 8 aromatic carbocycles. The van der Waals surface area contributed by atoms with Crippen LogP contribution in [0.25, 0.3) is 119 Å². The van der Waals surface area contributed by atoms with E-state index in [4.69, 9.17) is 6.85 Å². The summed E-state index contributed by atoms with van der Waals surface area (Å²) in [6.45, 7) is 0. The fourth-order valence-corrected chi connectivity index (χ4v) is 10.4. The normalized spacial score (nSPS) is 14.1. The van der Waals surface area contributed by atoms with Crippen LogP contribution in [-0.4, -0.2) is 8.80 Å². The fourth-order valence-electron chi connectivity index (χ4n) is 9.25. The van der Waals surface area contributed by atoms with Crippen molar-refractivity contribution in [3.05, 3.63) is 158 Å². The molecule has 51 heavy (non-hydrogen) atoms. The van der Waals surface area contributed by atoms with Gasteiger partial charge in [-0.05, 0) is 64.7 Å². The number of hydrogen-bond donors (Lipinski definition) is 0. The fraction of sp³-hybridized carbons (Fsp3) is 0. The van der Waals surface area contributed by atoms with E-state index in [1.54, 1.807) is 0 Å². The summed E-state index contributed by atoms with van der Waals surface area (Å²) < 4.78 is 50.0. The lowest BCUT2D eigenvalue weighted by Gasteiger charge is -2.11. The Labute approximate surface area is 302 Å². The topological polar surface area (TPSA) is 8.82 Å². The van der Waals surface area contributed by atoms with Crippen molar-refractivity contribution in [2.45, 2.75) is 0 Å². The van der Waals surface area contributed by atoms with Gasteiger partial charge in [0.1, 0.15) is 0 Å². The highest BCUT2D eigenvalue weighted by Crippen LogP contribution is 2.50. The Morgan fingerprint density at radius 3 is 1.88 bits per heavy atom. The van der Waals surface area contributed by atoms with Crippen molar-refractivity contribution in [2.75, 3.05) is 0 Å². The highest BCUT2D eigenvalue weighted by Gasteiger charge is 2.25. The van der Waals surface area contributed by atoms with Crippen LogP contribution in [0.5, 0.6) is 0 Å². The van der Waals surface area contributed by atoms with Gasteiger partial charge in [-0.1, -0.05) is 115 Å². The van der Waals surface area contributed by atoms with Gasteiger partial charge in [-0.3, -0.25) is 0 Å². The minimum Gasteiger partial charge on any atom is -0.308 e. The monoisotopic (exact) mass is 667 g/mol. The smallest absolute Gasteiger partial charge is 0.0629 e. The van der Waals surface area contributed by atoms with E-state index in [1.165, 1.54) is 85.5 Å². The molecule has 0 N–H and O–H groups in total. The summed E-state index contributed by atoms with van der Waals surface area (Å²) in [7, 11) is 0. The van der Waals surface area contributed by atoms with Crippen LogP contribution < -0.4 is 0 Å². The van der Waals surface area contributed by atoms with Gasteiger partial charge < -0.3 is 8.80 Å². The van der Waals surface area contributed by atoms with E-state index in [1.807, 2.05) is 35.6 Å². The van der Waals surface area contributed by atoms with Crippen LogP contribution in [0, 0.1) is 0 Å². The first-order valence-electron chi connectivity index (χ1n) is 19.7. The summed E-state index contributed by atoms with van der Waals surface area (Å²) in [5.74, 6) is 0. The Hall–Kier alpha value is -6.42. The van der Waals surface area contributed by atoms with Crippen molar-refractivity contribution < 1.29 is 6.85 Å². The Morgan fingerprint density at radius 2 is 1.04 bits per heavy atom. The molecule has 0 bridgehead atoms. The van der Waals surface area contributed by atoms with E-state index in [0.29, 0.717) is 5.56 Å². The molecular formula is C48H26N2S. The predicted molar refractivity (Wildman–Crippen MR) is 220 cm³/mol. The van der Waals surface area contributed by atoms with Crippen LogP contribution in [0.4, 0.5) is 0 Å². The summed E-state index contributed by atoms with van der Waals surface area (Å²) in [6.07, 6.45) is 0.